The Balaban J connectivity index is 2.65. The molecule has 0 atom stereocenters. The monoisotopic (exact) mass is 246 g/mol. The van der Waals surface area contributed by atoms with Gasteiger partial charge in [0.2, 0.25) is 0 Å². The highest BCUT2D eigenvalue weighted by molar-refractivity contribution is 7.13. The Hall–Kier alpha value is -1.35. The molecule has 0 fully saturated rings. The minimum atomic E-state index is 0.947. The molecule has 0 amide bonds. The summed E-state index contributed by atoms with van der Waals surface area (Å²) in [6.45, 7) is 8.69. The van der Waals surface area contributed by atoms with Crippen molar-refractivity contribution in [3.05, 3.63) is 33.7 Å². The Labute approximate surface area is 107 Å². The number of anilines is 1. The molecular weight excluding hydrogens is 228 g/mol. The van der Waals surface area contributed by atoms with Crippen molar-refractivity contribution in [2.45, 2.75) is 27.7 Å². The molecule has 0 unspecified atom stereocenters. The van der Waals surface area contributed by atoms with Crippen molar-refractivity contribution >= 4 is 17.2 Å². The Morgan fingerprint density at radius 1 is 1.06 bits per heavy atom. The first-order chi connectivity index (χ1) is 8.04. The first kappa shape index (κ1) is 12.1. The van der Waals surface area contributed by atoms with Gasteiger partial charge < -0.3 is 5.32 Å². The molecule has 0 saturated carbocycles. The van der Waals surface area contributed by atoms with Crippen LogP contribution < -0.4 is 5.32 Å². The van der Waals surface area contributed by atoms with Gasteiger partial charge in [-0.1, -0.05) is 6.07 Å². The highest BCUT2D eigenvalue weighted by atomic mass is 32.1. The summed E-state index contributed by atoms with van der Waals surface area (Å²) in [5.74, 6) is 0.947. The van der Waals surface area contributed by atoms with Gasteiger partial charge in [-0.05, 0) is 49.9 Å². The van der Waals surface area contributed by atoms with E-state index < -0.39 is 0 Å². The van der Waals surface area contributed by atoms with Crippen LogP contribution in [-0.2, 0) is 0 Å². The van der Waals surface area contributed by atoms with Gasteiger partial charge in [0.1, 0.15) is 10.8 Å². The largest absolute Gasteiger partial charge is 0.372 e. The average Bonchev–Trinajstić information content (AvgIpc) is 2.75. The molecule has 0 bridgehead atoms. The Morgan fingerprint density at radius 3 is 2.12 bits per heavy atom. The number of nitrogens with zero attached hydrogens (tertiary/aromatic N) is 1. The summed E-state index contributed by atoms with van der Waals surface area (Å²) in [6, 6.07) is 2.25. The molecule has 2 aromatic rings. The number of aromatic nitrogens is 1. The highest BCUT2D eigenvalue weighted by Crippen LogP contribution is 2.34. The lowest BCUT2D eigenvalue weighted by Crippen LogP contribution is -1.95. The van der Waals surface area contributed by atoms with Crippen molar-refractivity contribution in [3.63, 3.8) is 0 Å². The van der Waals surface area contributed by atoms with E-state index >= 15 is 0 Å². The van der Waals surface area contributed by atoms with Crippen LogP contribution in [0.5, 0.6) is 0 Å². The van der Waals surface area contributed by atoms with Gasteiger partial charge in [0, 0.05) is 18.0 Å². The maximum atomic E-state index is 4.61. The second-order valence-corrected chi connectivity index (χ2v) is 5.28. The van der Waals surface area contributed by atoms with Crippen LogP contribution in [0.4, 0.5) is 5.82 Å². The molecule has 3 heteroatoms. The van der Waals surface area contributed by atoms with Gasteiger partial charge in [0.25, 0.3) is 0 Å². The highest BCUT2D eigenvalue weighted by Gasteiger charge is 2.13. The zero-order valence-electron chi connectivity index (χ0n) is 11.0. The number of benzene rings is 1. The molecule has 1 N–H and O–H groups in total. The normalized spacial score (nSPS) is 10.6. The smallest absolute Gasteiger partial charge is 0.137 e. The van der Waals surface area contributed by atoms with Gasteiger partial charge in [-0.15, -0.1) is 11.3 Å². The molecule has 1 aromatic carbocycles. The fourth-order valence-electron chi connectivity index (χ4n) is 2.04. The Bertz CT molecular complexity index is 529. The lowest BCUT2D eigenvalue weighted by atomic mass is 9.95. The zero-order chi connectivity index (χ0) is 12.6. The molecule has 0 saturated heterocycles. The quantitative estimate of drug-likeness (QED) is 0.863. The van der Waals surface area contributed by atoms with E-state index in [0.29, 0.717) is 0 Å². The van der Waals surface area contributed by atoms with Crippen molar-refractivity contribution < 1.29 is 0 Å². The molecule has 1 aromatic heterocycles. The summed E-state index contributed by atoms with van der Waals surface area (Å²) in [5, 5.41) is 6.25. The summed E-state index contributed by atoms with van der Waals surface area (Å²) in [5.41, 5.74) is 6.65. The predicted molar refractivity (Wildman–Crippen MR) is 76.0 cm³/mol. The van der Waals surface area contributed by atoms with Crippen molar-refractivity contribution in [2.75, 3.05) is 12.4 Å². The molecule has 17 heavy (non-hydrogen) atoms. The van der Waals surface area contributed by atoms with Crippen LogP contribution in [0.2, 0.25) is 0 Å². The van der Waals surface area contributed by atoms with E-state index in [4.69, 9.17) is 0 Å². The molecule has 0 spiro atoms. The minimum Gasteiger partial charge on any atom is -0.372 e. The van der Waals surface area contributed by atoms with E-state index in [1.165, 1.54) is 27.8 Å². The molecule has 1 heterocycles. The third-order valence-corrected chi connectivity index (χ3v) is 4.20. The molecule has 2 nitrogen and oxygen atoms in total. The van der Waals surface area contributed by atoms with Gasteiger partial charge in [0.15, 0.2) is 0 Å². The Kier molecular flexibility index (Phi) is 3.20. The second kappa shape index (κ2) is 4.49. The third-order valence-electron chi connectivity index (χ3n) is 3.34. The maximum Gasteiger partial charge on any atom is 0.137 e. The lowest BCUT2D eigenvalue weighted by molar-refractivity contribution is 1.23. The van der Waals surface area contributed by atoms with Gasteiger partial charge >= 0.3 is 0 Å². The number of hydrogen-bond donors (Lipinski definition) is 1. The van der Waals surface area contributed by atoms with Crippen LogP contribution in [0.15, 0.2) is 11.4 Å². The van der Waals surface area contributed by atoms with Crippen LogP contribution in [0.25, 0.3) is 10.6 Å². The summed E-state index contributed by atoms with van der Waals surface area (Å²) in [4.78, 5) is 4.61. The summed E-state index contributed by atoms with van der Waals surface area (Å²) >= 11 is 1.70. The van der Waals surface area contributed by atoms with Gasteiger partial charge in [0.05, 0.1) is 0 Å². The van der Waals surface area contributed by atoms with Gasteiger partial charge in [-0.25, -0.2) is 4.98 Å². The SMILES string of the molecule is CNc1csc(-c2c(C)c(C)cc(C)c2C)n1. The number of nitrogens with one attached hydrogen (secondary N) is 1. The van der Waals surface area contributed by atoms with Crippen LogP contribution in [0.3, 0.4) is 0 Å². The molecule has 0 aliphatic heterocycles. The van der Waals surface area contributed by atoms with Crippen molar-refractivity contribution in [3.8, 4) is 10.6 Å². The third kappa shape index (κ3) is 2.07. The van der Waals surface area contributed by atoms with E-state index in [1.807, 2.05) is 7.05 Å². The van der Waals surface area contributed by atoms with E-state index in [-0.39, 0.29) is 0 Å². The lowest BCUT2D eigenvalue weighted by Gasteiger charge is -2.13. The zero-order valence-corrected chi connectivity index (χ0v) is 11.8. The van der Waals surface area contributed by atoms with E-state index in [0.717, 1.165) is 10.8 Å². The minimum absolute atomic E-state index is 0.947. The maximum absolute atomic E-state index is 4.61. The van der Waals surface area contributed by atoms with E-state index in [1.54, 1.807) is 11.3 Å². The van der Waals surface area contributed by atoms with Crippen molar-refractivity contribution in [2.24, 2.45) is 0 Å². The average molecular weight is 246 g/mol. The number of hydrogen-bond acceptors (Lipinski definition) is 3. The van der Waals surface area contributed by atoms with Crippen molar-refractivity contribution in [1.82, 2.24) is 4.98 Å². The molecular formula is C14H18N2S. The molecule has 0 aliphatic rings. The van der Waals surface area contributed by atoms with Crippen molar-refractivity contribution in [1.29, 1.82) is 0 Å². The summed E-state index contributed by atoms with van der Waals surface area (Å²) < 4.78 is 0. The number of aryl methyl sites for hydroxylation is 2. The molecule has 90 valence electrons. The van der Waals surface area contributed by atoms with Gasteiger partial charge in [-0.2, -0.15) is 0 Å². The number of thiazole rings is 1. The van der Waals surface area contributed by atoms with Crippen LogP contribution in [0, 0.1) is 27.7 Å². The standard InChI is InChI=1S/C14H18N2S/c1-8-6-9(2)11(4)13(10(8)3)14-16-12(15-5)7-17-14/h6-7,15H,1-5H3. The fourth-order valence-corrected chi connectivity index (χ4v) is 3.01. The molecule has 2 rings (SSSR count). The fraction of sp³-hybridized carbons (Fsp3) is 0.357. The first-order valence-corrected chi connectivity index (χ1v) is 6.63. The molecule has 0 radical (unpaired) electrons. The van der Waals surface area contributed by atoms with Crippen LogP contribution in [0.1, 0.15) is 22.3 Å². The topological polar surface area (TPSA) is 24.9 Å². The van der Waals surface area contributed by atoms with Crippen LogP contribution in [-0.4, -0.2) is 12.0 Å². The van der Waals surface area contributed by atoms with Gasteiger partial charge in [-0.3, -0.25) is 0 Å². The first-order valence-electron chi connectivity index (χ1n) is 5.75. The van der Waals surface area contributed by atoms with Crippen LogP contribution >= 0.6 is 11.3 Å². The summed E-state index contributed by atoms with van der Waals surface area (Å²) in [6.07, 6.45) is 0. The van der Waals surface area contributed by atoms with E-state index in [9.17, 15) is 0 Å². The van der Waals surface area contributed by atoms with E-state index in [2.05, 4.69) is 49.4 Å². The summed E-state index contributed by atoms with van der Waals surface area (Å²) in [7, 11) is 1.90. The Morgan fingerprint density at radius 2 is 1.65 bits per heavy atom. The molecule has 0 aliphatic carbocycles. The number of rotatable bonds is 2. The second-order valence-electron chi connectivity index (χ2n) is 4.42. The predicted octanol–water partition coefficient (Wildman–Crippen LogP) is 4.09.